The molecule has 196 valence electrons. The highest BCUT2D eigenvalue weighted by atomic mass is 16.5. The third kappa shape index (κ3) is 11.5. The van der Waals surface area contributed by atoms with Gasteiger partial charge in [-0.1, -0.05) is 54.6 Å². The lowest BCUT2D eigenvalue weighted by Crippen LogP contribution is -2.26. The minimum absolute atomic E-state index is 0.140. The summed E-state index contributed by atoms with van der Waals surface area (Å²) >= 11 is 0. The molecular formula is C29H38O7. The topological polar surface area (TPSA) is 80.3 Å². The van der Waals surface area contributed by atoms with Gasteiger partial charge >= 0.3 is 11.9 Å². The zero-order chi connectivity index (χ0) is 26.0. The normalized spacial score (nSPS) is 12.8. The minimum Gasteiger partial charge on any atom is -0.497 e. The van der Waals surface area contributed by atoms with Gasteiger partial charge in [-0.05, 0) is 48.9 Å². The van der Waals surface area contributed by atoms with E-state index in [1.54, 1.807) is 21.0 Å². The zero-order valence-corrected chi connectivity index (χ0v) is 21.5. The van der Waals surface area contributed by atoms with Gasteiger partial charge in [-0.25, -0.2) is 0 Å². The van der Waals surface area contributed by atoms with Crippen molar-refractivity contribution in [2.75, 3.05) is 33.5 Å². The summed E-state index contributed by atoms with van der Waals surface area (Å²) in [5.41, 5.74) is 2.07. The van der Waals surface area contributed by atoms with Crippen molar-refractivity contribution in [3.05, 3.63) is 77.9 Å². The van der Waals surface area contributed by atoms with Crippen LogP contribution in [-0.4, -0.2) is 45.5 Å². The largest absolute Gasteiger partial charge is 0.497 e. The van der Waals surface area contributed by atoms with E-state index < -0.39 is 0 Å². The fourth-order valence-corrected chi connectivity index (χ4v) is 3.67. The quantitative estimate of drug-likeness (QED) is 0.170. The molecule has 0 fully saturated rings. The highest BCUT2D eigenvalue weighted by Crippen LogP contribution is 2.24. The van der Waals surface area contributed by atoms with Crippen LogP contribution in [0.3, 0.4) is 0 Å². The summed E-state index contributed by atoms with van der Waals surface area (Å²) in [6.07, 6.45) is 4.08. The van der Waals surface area contributed by atoms with E-state index in [1.165, 1.54) is 0 Å². The lowest BCUT2D eigenvalue weighted by Gasteiger charge is -2.24. The molecule has 0 aliphatic rings. The van der Waals surface area contributed by atoms with E-state index in [2.05, 4.69) is 0 Å². The third-order valence-electron chi connectivity index (χ3n) is 5.52. The number of carbonyl (C=O) groups is 2. The first kappa shape index (κ1) is 29.1. The lowest BCUT2D eigenvalue weighted by atomic mass is 9.87. The molecule has 2 aromatic carbocycles. The maximum atomic E-state index is 12.3. The number of ether oxygens (including phenoxy) is 5. The van der Waals surface area contributed by atoms with Gasteiger partial charge in [0.25, 0.3) is 0 Å². The molecule has 0 aromatic heterocycles. The number of rotatable bonds is 17. The highest BCUT2D eigenvalue weighted by molar-refractivity contribution is 5.71. The van der Waals surface area contributed by atoms with Crippen molar-refractivity contribution in [3.8, 4) is 5.75 Å². The summed E-state index contributed by atoms with van der Waals surface area (Å²) in [5, 5.41) is 0. The number of carbonyl (C=O) groups excluding carboxylic acids is 2. The van der Waals surface area contributed by atoms with Gasteiger partial charge in [0.1, 0.15) is 5.75 Å². The highest BCUT2D eigenvalue weighted by Gasteiger charge is 2.26. The van der Waals surface area contributed by atoms with Crippen LogP contribution in [0.15, 0.2) is 66.7 Å². The Labute approximate surface area is 214 Å². The summed E-state index contributed by atoms with van der Waals surface area (Å²) in [4.78, 5) is 24.7. The molecule has 2 atom stereocenters. The molecular weight excluding hydrogens is 460 g/mol. The summed E-state index contributed by atoms with van der Waals surface area (Å²) in [7, 11) is 1.63. The number of hydrogen-bond acceptors (Lipinski definition) is 7. The van der Waals surface area contributed by atoms with Crippen molar-refractivity contribution in [1.29, 1.82) is 0 Å². The summed E-state index contributed by atoms with van der Waals surface area (Å²) < 4.78 is 27.3. The van der Waals surface area contributed by atoms with Gasteiger partial charge in [-0.3, -0.25) is 9.59 Å². The molecule has 0 heterocycles. The molecule has 0 unspecified atom stereocenters. The third-order valence-corrected chi connectivity index (χ3v) is 5.52. The molecule has 0 amide bonds. The van der Waals surface area contributed by atoms with E-state index in [0.29, 0.717) is 39.6 Å². The van der Waals surface area contributed by atoms with Gasteiger partial charge in [-0.15, -0.1) is 0 Å². The maximum Gasteiger partial charge on any atom is 0.306 e. The smallest absolute Gasteiger partial charge is 0.306 e. The molecule has 0 aliphatic carbocycles. The molecule has 0 radical (unpaired) electrons. The lowest BCUT2D eigenvalue weighted by molar-refractivity contribution is -0.148. The molecule has 2 rings (SSSR count). The minimum atomic E-state index is -0.316. The van der Waals surface area contributed by atoms with Crippen LogP contribution in [0, 0.1) is 11.8 Å². The van der Waals surface area contributed by atoms with Gasteiger partial charge in [0, 0.05) is 0 Å². The Morgan fingerprint density at radius 2 is 1.42 bits per heavy atom. The molecule has 7 nitrogen and oxygen atoms in total. The van der Waals surface area contributed by atoms with E-state index in [-0.39, 0.29) is 36.6 Å². The van der Waals surface area contributed by atoms with Crippen molar-refractivity contribution in [3.63, 3.8) is 0 Å². The van der Waals surface area contributed by atoms with E-state index in [1.807, 2.05) is 66.7 Å². The predicted octanol–water partition coefficient (Wildman–Crippen LogP) is 5.12. The van der Waals surface area contributed by atoms with E-state index in [0.717, 1.165) is 16.9 Å². The second-order valence-electron chi connectivity index (χ2n) is 8.23. The Morgan fingerprint density at radius 1 is 0.806 bits per heavy atom. The molecule has 0 bridgehead atoms. The predicted molar refractivity (Wildman–Crippen MR) is 137 cm³/mol. The van der Waals surface area contributed by atoms with Crippen LogP contribution in [0.4, 0.5) is 0 Å². The number of hydrogen-bond donors (Lipinski definition) is 0. The van der Waals surface area contributed by atoms with Gasteiger partial charge in [0.2, 0.25) is 0 Å². The monoisotopic (exact) mass is 498 g/mol. The number of allylic oxidation sites excluding steroid dienone is 1. The molecule has 0 spiro atoms. The first-order valence-electron chi connectivity index (χ1n) is 12.4. The number of esters is 2. The van der Waals surface area contributed by atoms with Crippen LogP contribution < -0.4 is 4.74 Å². The van der Waals surface area contributed by atoms with Gasteiger partial charge in [0.15, 0.2) is 0 Å². The molecule has 0 saturated heterocycles. The van der Waals surface area contributed by atoms with Crippen LogP contribution in [0.5, 0.6) is 5.75 Å². The number of benzene rings is 2. The Kier molecular flexibility index (Phi) is 14.0. The van der Waals surface area contributed by atoms with Crippen molar-refractivity contribution in [2.45, 2.75) is 39.9 Å². The van der Waals surface area contributed by atoms with Gasteiger partial charge < -0.3 is 23.7 Å². The molecule has 0 N–H and O–H groups in total. The van der Waals surface area contributed by atoms with Gasteiger partial charge in [0.05, 0.1) is 59.6 Å². The fraction of sp³-hybridized carbons (Fsp3) is 0.448. The summed E-state index contributed by atoms with van der Waals surface area (Å²) in [6, 6.07) is 17.5. The van der Waals surface area contributed by atoms with Crippen LogP contribution in [0.1, 0.15) is 37.8 Å². The van der Waals surface area contributed by atoms with Crippen LogP contribution >= 0.6 is 0 Å². The molecule has 0 aliphatic heterocycles. The van der Waals surface area contributed by atoms with Crippen LogP contribution in [-0.2, 0) is 41.8 Å². The maximum absolute atomic E-state index is 12.3. The first-order chi connectivity index (χ1) is 17.5. The summed E-state index contributed by atoms with van der Waals surface area (Å²) in [6.45, 7) is 5.67. The SMILES string of the molecule is CCOC(=O)C[C@@H](COCc1ccccc1)[C@H](/C=C/COCc1ccc(OC)cc1)CC(=O)OCC. The van der Waals surface area contributed by atoms with E-state index in [4.69, 9.17) is 23.7 Å². The van der Waals surface area contributed by atoms with E-state index in [9.17, 15) is 9.59 Å². The van der Waals surface area contributed by atoms with Crippen molar-refractivity contribution >= 4 is 11.9 Å². The van der Waals surface area contributed by atoms with Crippen LogP contribution in [0.2, 0.25) is 0 Å². The standard InChI is InChI=1S/C29H38O7/c1-4-35-28(30)18-25(12-9-17-33-20-24-13-15-27(32-3)16-14-24)26(19-29(31)36-5-2)22-34-21-23-10-7-6-8-11-23/h6-16,25-26H,4-5,17-22H2,1-3H3/b12-9+/t25-,26+/m1/s1. The average molecular weight is 499 g/mol. The Balaban J connectivity index is 2.02. The zero-order valence-electron chi connectivity index (χ0n) is 21.5. The second-order valence-corrected chi connectivity index (χ2v) is 8.23. The Bertz CT molecular complexity index is 909. The van der Waals surface area contributed by atoms with E-state index >= 15 is 0 Å². The first-order valence-corrected chi connectivity index (χ1v) is 12.4. The van der Waals surface area contributed by atoms with Crippen LogP contribution in [0.25, 0.3) is 0 Å². The molecule has 36 heavy (non-hydrogen) atoms. The summed E-state index contributed by atoms with van der Waals surface area (Å²) in [5.74, 6) is -0.363. The van der Waals surface area contributed by atoms with Crippen molar-refractivity contribution in [2.24, 2.45) is 11.8 Å². The van der Waals surface area contributed by atoms with Crippen molar-refractivity contribution < 1.29 is 33.3 Å². The van der Waals surface area contributed by atoms with Crippen molar-refractivity contribution in [1.82, 2.24) is 0 Å². The Hall–Kier alpha value is -3.16. The average Bonchev–Trinajstić information content (AvgIpc) is 2.88. The molecule has 0 saturated carbocycles. The number of methoxy groups -OCH3 is 1. The molecule has 7 heteroatoms. The fourth-order valence-electron chi connectivity index (χ4n) is 3.67. The second kappa shape index (κ2) is 17.3. The Morgan fingerprint density at radius 3 is 2.06 bits per heavy atom. The molecule has 2 aromatic rings. The van der Waals surface area contributed by atoms with Gasteiger partial charge in [-0.2, -0.15) is 0 Å².